The molecule has 1 aromatic carbocycles. The minimum atomic E-state index is -0.159. The largest absolute Gasteiger partial charge is 0.325 e. The van der Waals surface area contributed by atoms with Crippen LogP contribution in [0.2, 0.25) is 0 Å². The van der Waals surface area contributed by atoms with Crippen LogP contribution < -0.4 is 5.56 Å². The van der Waals surface area contributed by atoms with Gasteiger partial charge in [0, 0.05) is 37.1 Å². The van der Waals surface area contributed by atoms with E-state index >= 15 is 0 Å². The lowest BCUT2D eigenvalue weighted by molar-refractivity contribution is 0.655. The normalized spacial score (nSPS) is 11.2. The summed E-state index contributed by atoms with van der Waals surface area (Å²) in [6, 6.07) is 8.55. The zero-order valence-electron chi connectivity index (χ0n) is 16.0. The SMILES string of the molecule is CCC/C=C/c1ccc(CCn2cc(Cc3cncnc3)c(=O)[nH]c2=S)cc1. The Morgan fingerprint density at radius 3 is 2.61 bits per heavy atom. The molecule has 2 aromatic heterocycles. The van der Waals surface area contributed by atoms with Crippen molar-refractivity contribution in [1.82, 2.24) is 19.5 Å². The van der Waals surface area contributed by atoms with Gasteiger partial charge in [-0.2, -0.15) is 0 Å². The number of aromatic amines is 1. The van der Waals surface area contributed by atoms with Crippen molar-refractivity contribution in [2.24, 2.45) is 0 Å². The van der Waals surface area contributed by atoms with Crippen molar-refractivity contribution in [3.8, 4) is 0 Å². The number of nitrogens with zero attached hydrogens (tertiary/aromatic N) is 3. The molecule has 6 heteroatoms. The zero-order valence-corrected chi connectivity index (χ0v) is 16.8. The molecule has 2 heterocycles. The van der Waals surface area contributed by atoms with Gasteiger partial charge in [-0.25, -0.2) is 9.97 Å². The minimum absolute atomic E-state index is 0.159. The van der Waals surface area contributed by atoms with E-state index in [9.17, 15) is 4.79 Å². The van der Waals surface area contributed by atoms with Crippen molar-refractivity contribution < 1.29 is 0 Å². The number of hydrogen-bond donors (Lipinski definition) is 1. The number of hydrogen-bond acceptors (Lipinski definition) is 4. The van der Waals surface area contributed by atoms with E-state index < -0.39 is 0 Å². The number of rotatable bonds is 8. The van der Waals surface area contributed by atoms with Gasteiger partial charge in [0.1, 0.15) is 6.33 Å². The first kappa shape index (κ1) is 19.9. The molecule has 0 fully saturated rings. The fraction of sp³-hybridized carbons (Fsp3) is 0.273. The molecule has 3 aromatic rings. The van der Waals surface area contributed by atoms with Gasteiger partial charge in [-0.15, -0.1) is 0 Å². The van der Waals surface area contributed by atoms with Gasteiger partial charge in [0.25, 0.3) is 5.56 Å². The summed E-state index contributed by atoms with van der Waals surface area (Å²) >= 11 is 5.33. The molecule has 0 aliphatic heterocycles. The fourth-order valence-corrected chi connectivity index (χ4v) is 3.16. The standard InChI is InChI=1S/C22H24N4OS/c1-2-3-4-5-17-6-8-18(9-7-17)10-11-26-15-20(21(27)25-22(26)28)12-19-13-23-16-24-14-19/h4-9,13-16H,2-3,10-12H2,1H3,(H,25,27,28)/b5-4+. The molecule has 144 valence electrons. The van der Waals surface area contributed by atoms with E-state index in [0.29, 0.717) is 23.3 Å². The maximum absolute atomic E-state index is 12.2. The van der Waals surface area contributed by atoms with Crippen molar-refractivity contribution in [2.75, 3.05) is 0 Å². The molecule has 0 saturated carbocycles. The summed E-state index contributed by atoms with van der Waals surface area (Å²) in [6.07, 6.45) is 14.7. The third-order valence-electron chi connectivity index (χ3n) is 4.48. The first-order valence-electron chi connectivity index (χ1n) is 9.47. The van der Waals surface area contributed by atoms with Crippen LogP contribution in [0.3, 0.4) is 0 Å². The number of aryl methyl sites for hydroxylation is 2. The monoisotopic (exact) mass is 392 g/mol. The maximum atomic E-state index is 12.2. The Labute approximate surface area is 169 Å². The van der Waals surface area contributed by atoms with Crippen LogP contribution in [0.25, 0.3) is 6.08 Å². The minimum Gasteiger partial charge on any atom is -0.325 e. The molecule has 0 saturated heterocycles. The predicted octanol–water partition coefficient (Wildman–Crippen LogP) is 4.34. The van der Waals surface area contributed by atoms with E-state index in [0.717, 1.165) is 24.8 Å². The molecule has 5 nitrogen and oxygen atoms in total. The number of unbranched alkanes of at least 4 members (excludes halogenated alkanes) is 1. The van der Waals surface area contributed by atoms with Gasteiger partial charge in [-0.1, -0.05) is 49.8 Å². The second-order valence-electron chi connectivity index (χ2n) is 6.71. The van der Waals surface area contributed by atoms with E-state index in [-0.39, 0.29) is 5.56 Å². The van der Waals surface area contributed by atoms with E-state index in [4.69, 9.17) is 12.2 Å². The molecule has 0 amide bonds. The maximum Gasteiger partial charge on any atom is 0.255 e. The summed E-state index contributed by atoms with van der Waals surface area (Å²) < 4.78 is 2.36. The van der Waals surface area contributed by atoms with E-state index in [1.807, 2.05) is 10.8 Å². The smallest absolute Gasteiger partial charge is 0.255 e. The Kier molecular flexibility index (Phi) is 7.03. The molecule has 0 radical (unpaired) electrons. The quantitative estimate of drug-likeness (QED) is 0.579. The summed E-state index contributed by atoms with van der Waals surface area (Å²) in [5, 5.41) is 0. The second-order valence-corrected chi connectivity index (χ2v) is 7.10. The Balaban J connectivity index is 1.69. The predicted molar refractivity (Wildman–Crippen MR) is 115 cm³/mol. The zero-order chi connectivity index (χ0) is 19.8. The molecular formula is C22H24N4OS. The van der Waals surface area contributed by atoms with E-state index in [1.54, 1.807) is 12.4 Å². The van der Waals surface area contributed by atoms with Crippen LogP contribution >= 0.6 is 12.2 Å². The highest BCUT2D eigenvalue weighted by atomic mass is 32.1. The summed E-state index contributed by atoms with van der Waals surface area (Å²) in [4.78, 5) is 23.0. The Morgan fingerprint density at radius 1 is 1.14 bits per heavy atom. The fourth-order valence-electron chi connectivity index (χ4n) is 2.92. The summed E-state index contributed by atoms with van der Waals surface area (Å²) in [5.41, 5.74) is 3.83. The first-order chi connectivity index (χ1) is 13.7. The van der Waals surface area contributed by atoms with Crippen molar-refractivity contribution in [2.45, 2.75) is 39.2 Å². The van der Waals surface area contributed by atoms with Crippen LogP contribution in [0.4, 0.5) is 0 Å². The Morgan fingerprint density at radius 2 is 1.89 bits per heavy atom. The van der Waals surface area contributed by atoms with Crippen LogP contribution in [0.5, 0.6) is 0 Å². The Hall–Kier alpha value is -2.86. The molecule has 0 aliphatic carbocycles. The number of allylic oxidation sites excluding steroid dienone is 1. The van der Waals surface area contributed by atoms with Gasteiger partial charge in [0.15, 0.2) is 4.77 Å². The van der Waals surface area contributed by atoms with Crippen molar-refractivity contribution in [1.29, 1.82) is 0 Å². The van der Waals surface area contributed by atoms with Gasteiger partial charge in [0.2, 0.25) is 0 Å². The highest BCUT2D eigenvalue weighted by Gasteiger charge is 2.05. The lowest BCUT2D eigenvalue weighted by atomic mass is 10.1. The molecule has 0 unspecified atom stereocenters. The molecule has 1 N–H and O–H groups in total. The van der Waals surface area contributed by atoms with Gasteiger partial charge < -0.3 is 4.57 Å². The van der Waals surface area contributed by atoms with Gasteiger partial charge in [0.05, 0.1) is 0 Å². The number of benzene rings is 1. The molecule has 0 atom stereocenters. The molecule has 28 heavy (non-hydrogen) atoms. The third kappa shape index (κ3) is 5.57. The highest BCUT2D eigenvalue weighted by molar-refractivity contribution is 7.71. The van der Waals surface area contributed by atoms with Crippen molar-refractivity contribution >= 4 is 18.3 Å². The van der Waals surface area contributed by atoms with Crippen LogP contribution in [-0.4, -0.2) is 19.5 Å². The molecule has 0 bridgehead atoms. The lowest BCUT2D eigenvalue weighted by Gasteiger charge is -2.09. The number of aromatic nitrogens is 4. The Bertz CT molecular complexity index is 1040. The third-order valence-corrected chi connectivity index (χ3v) is 4.82. The number of H-pyrrole nitrogens is 1. The van der Waals surface area contributed by atoms with E-state index in [2.05, 4.69) is 58.3 Å². The van der Waals surface area contributed by atoms with Crippen LogP contribution in [0.15, 0.2) is 60.1 Å². The lowest BCUT2D eigenvalue weighted by Crippen LogP contribution is -2.19. The van der Waals surface area contributed by atoms with Crippen LogP contribution in [0.1, 0.15) is 42.0 Å². The molecule has 0 spiro atoms. The average Bonchev–Trinajstić information content (AvgIpc) is 2.71. The molecule has 3 rings (SSSR count). The first-order valence-corrected chi connectivity index (χ1v) is 9.88. The van der Waals surface area contributed by atoms with E-state index in [1.165, 1.54) is 17.5 Å². The second kappa shape index (κ2) is 9.90. The highest BCUT2D eigenvalue weighted by Crippen LogP contribution is 2.10. The molecule has 0 aliphatic rings. The van der Waals surface area contributed by atoms with Crippen molar-refractivity contribution in [3.05, 3.63) is 92.6 Å². The summed E-state index contributed by atoms with van der Waals surface area (Å²) in [6.45, 7) is 2.88. The molecular weight excluding hydrogens is 368 g/mol. The van der Waals surface area contributed by atoms with Gasteiger partial charge >= 0.3 is 0 Å². The topological polar surface area (TPSA) is 63.6 Å². The van der Waals surface area contributed by atoms with Gasteiger partial charge in [-0.05, 0) is 41.7 Å². The number of nitrogens with one attached hydrogen (secondary N) is 1. The van der Waals surface area contributed by atoms with Crippen molar-refractivity contribution in [3.63, 3.8) is 0 Å². The van der Waals surface area contributed by atoms with Gasteiger partial charge in [-0.3, -0.25) is 9.78 Å². The average molecular weight is 393 g/mol. The van der Waals surface area contributed by atoms with Crippen LogP contribution in [-0.2, 0) is 19.4 Å². The summed E-state index contributed by atoms with van der Waals surface area (Å²) in [5.74, 6) is 0. The van der Waals surface area contributed by atoms with Crippen LogP contribution in [0, 0.1) is 4.77 Å². The summed E-state index contributed by atoms with van der Waals surface area (Å²) in [7, 11) is 0.